The summed E-state index contributed by atoms with van der Waals surface area (Å²) in [5.41, 5.74) is 4.36. The first-order chi connectivity index (χ1) is 18.0. The van der Waals surface area contributed by atoms with Gasteiger partial charge in [0.05, 0.1) is 34.1 Å². The van der Waals surface area contributed by atoms with Gasteiger partial charge in [-0.25, -0.2) is 4.98 Å². The molecule has 0 saturated carbocycles. The minimum absolute atomic E-state index is 0.294. The molecule has 0 bridgehead atoms. The van der Waals surface area contributed by atoms with Gasteiger partial charge in [0.25, 0.3) is 5.91 Å². The topological polar surface area (TPSA) is 83.8 Å². The Labute approximate surface area is 216 Å². The summed E-state index contributed by atoms with van der Waals surface area (Å²) in [6.07, 6.45) is 1.53. The molecule has 0 fully saturated rings. The van der Waals surface area contributed by atoms with Crippen molar-refractivity contribution in [2.45, 2.75) is 12.8 Å². The lowest BCUT2D eigenvalue weighted by Crippen LogP contribution is -2.16. The van der Waals surface area contributed by atoms with E-state index in [0.29, 0.717) is 23.0 Å². The summed E-state index contributed by atoms with van der Waals surface area (Å²) in [7, 11) is 8.29. The summed E-state index contributed by atoms with van der Waals surface area (Å²) in [6, 6.07) is 20.8. The monoisotopic (exact) mass is 501 g/mol. The SMILES string of the molecule is COc1ccc(CCc2c(-c3ccc(OC)cc3)nc(NC(=O)c3ccc(OC)c(OC)c3)n2C)cc1. The standard InChI is InChI=1S/C29H31N3O5/c1-32-24(16-8-19-6-12-22(34-2)13-7-19)27(20-9-14-23(35-3)15-10-20)30-29(32)31-28(33)21-11-17-25(36-4)26(18-21)37-5/h6-7,9-15,17-18H,8,16H2,1-5H3,(H,30,31,33). The number of aryl methyl sites for hydroxylation is 1. The number of aromatic nitrogens is 2. The number of imidazole rings is 1. The third-order valence-corrected chi connectivity index (χ3v) is 6.26. The molecule has 1 heterocycles. The fourth-order valence-corrected chi connectivity index (χ4v) is 4.12. The van der Waals surface area contributed by atoms with Crippen molar-refractivity contribution in [2.24, 2.45) is 7.05 Å². The van der Waals surface area contributed by atoms with E-state index < -0.39 is 0 Å². The average Bonchev–Trinajstić information content (AvgIpc) is 3.26. The Kier molecular flexibility index (Phi) is 7.98. The van der Waals surface area contributed by atoms with E-state index in [-0.39, 0.29) is 5.91 Å². The molecule has 0 unspecified atom stereocenters. The maximum atomic E-state index is 13.1. The van der Waals surface area contributed by atoms with Crippen LogP contribution in [0.3, 0.4) is 0 Å². The molecule has 0 radical (unpaired) electrons. The third kappa shape index (κ3) is 5.69. The molecule has 0 saturated heterocycles. The molecule has 1 aromatic heterocycles. The molecular formula is C29H31N3O5. The van der Waals surface area contributed by atoms with E-state index in [1.165, 1.54) is 12.7 Å². The molecule has 0 aliphatic carbocycles. The molecule has 0 atom stereocenters. The van der Waals surface area contributed by atoms with Crippen LogP contribution in [-0.2, 0) is 19.9 Å². The van der Waals surface area contributed by atoms with Gasteiger partial charge in [0, 0.05) is 23.9 Å². The third-order valence-electron chi connectivity index (χ3n) is 6.26. The van der Waals surface area contributed by atoms with Crippen molar-refractivity contribution >= 4 is 11.9 Å². The van der Waals surface area contributed by atoms with E-state index in [1.54, 1.807) is 39.5 Å². The number of hydrogen-bond acceptors (Lipinski definition) is 6. The molecule has 8 nitrogen and oxygen atoms in total. The molecule has 192 valence electrons. The van der Waals surface area contributed by atoms with Gasteiger partial charge < -0.3 is 23.5 Å². The van der Waals surface area contributed by atoms with Gasteiger partial charge in [-0.1, -0.05) is 12.1 Å². The van der Waals surface area contributed by atoms with E-state index in [2.05, 4.69) is 17.4 Å². The van der Waals surface area contributed by atoms with Gasteiger partial charge in [0.2, 0.25) is 5.95 Å². The van der Waals surface area contributed by atoms with Crippen molar-refractivity contribution in [3.05, 3.63) is 83.6 Å². The molecule has 4 aromatic rings. The van der Waals surface area contributed by atoms with Gasteiger partial charge >= 0.3 is 0 Å². The van der Waals surface area contributed by atoms with Crippen LogP contribution in [0.15, 0.2) is 66.7 Å². The van der Waals surface area contributed by atoms with Gasteiger partial charge in [0.1, 0.15) is 11.5 Å². The Bertz CT molecular complexity index is 1360. The average molecular weight is 502 g/mol. The van der Waals surface area contributed by atoms with Gasteiger partial charge in [-0.15, -0.1) is 0 Å². The largest absolute Gasteiger partial charge is 0.497 e. The van der Waals surface area contributed by atoms with Crippen molar-refractivity contribution < 1.29 is 23.7 Å². The second kappa shape index (κ2) is 11.5. The Balaban J connectivity index is 1.64. The zero-order valence-electron chi connectivity index (χ0n) is 21.7. The number of anilines is 1. The van der Waals surface area contributed by atoms with Crippen molar-refractivity contribution in [1.82, 2.24) is 9.55 Å². The first-order valence-electron chi connectivity index (χ1n) is 11.8. The number of nitrogens with zero attached hydrogens (tertiary/aromatic N) is 2. The first kappa shape index (κ1) is 25.6. The molecule has 0 spiro atoms. The molecule has 1 N–H and O–H groups in total. The molecule has 37 heavy (non-hydrogen) atoms. The van der Waals surface area contributed by atoms with E-state index in [9.17, 15) is 4.79 Å². The molecule has 8 heteroatoms. The second-order valence-electron chi connectivity index (χ2n) is 8.39. The van der Waals surface area contributed by atoms with Gasteiger partial charge in [-0.3, -0.25) is 10.1 Å². The minimum atomic E-state index is -0.294. The summed E-state index contributed by atoms with van der Waals surface area (Å²) in [6.45, 7) is 0. The van der Waals surface area contributed by atoms with Crippen LogP contribution in [0, 0.1) is 0 Å². The Morgan fingerprint density at radius 3 is 2.00 bits per heavy atom. The van der Waals surface area contributed by atoms with Crippen molar-refractivity contribution in [2.75, 3.05) is 33.8 Å². The number of nitrogens with one attached hydrogen (secondary N) is 1. The number of carbonyl (C=O) groups excluding carboxylic acids is 1. The predicted octanol–water partition coefficient (Wildman–Crippen LogP) is 5.16. The summed E-state index contributed by atoms with van der Waals surface area (Å²) >= 11 is 0. The normalized spacial score (nSPS) is 10.6. The number of ether oxygens (including phenoxy) is 4. The molecule has 0 aliphatic heterocycles. The predicted molar refractivity (Wildman–Crippen MR) is 143 cm³/mol. The fraction of sp³-hybridized carbons (Fsp3) is 0.241. The highest BCUT2D eigenvalue weighted by atomic mass is 16.5. The van der Waals surface area contributed by atoms with Crippen LogP contribution in [0.1, 0.15) is 21.6 Å². The lowest BCUT2D eigenvalue weighted by molar-refractivity contribution is 0.102. The number of rotatable bonds is 10. The van der Waals surface area contributed by atoms with E-state index in [4.69, 9.17) is 23.9 Å². The Morgan fingerprint density at radius 1 is 0.784 bits per heavy atom. The Morgan fingerprint density at radius 2 is 1.41 bits per heavy atom. The number of carbonyl (C=O) groups is 1. The summed E-state index contributed by atoms with van der Waals surface area (Å²) in [5.74, 6) is 2.78. The van der Waals surface area contributed by atoms with Gasteiger partial charge in [-0.2, -0.15) is 0 Å². The van der Waals surface area contributed by atoms with E-state index in [0.717, 1.165) is 41.3 Å². The molecule has 3 aromatic carbocycles. The maximum Gasteiger partial charge on any atom is 0.258 e. The van der Waals surface area contributed by atoms with E-state index in [1.807, 2.05) is 48.0 Å². The second-order valence-corrected chi connectivity index (χ2v) is 8.39. The fourth-order valence-electron chi connectivity index (χ4n) is 4.12. The maximum absolute atomic E-state index is 13.1. The number of hydrogen-bond donors (Lipinski definition) is 1. The van der Waals surface area contributed by atoms with Crippen molar-refractivity contribution in [3.8, 4) is 34.3 Å². The summed E-state index contributed by atoms with van der Waals surface area (Å²) in [4.78, 5) is 18.0. The van der Waals surface area contributed by atoms with Crippen LogP contribution < -0.4 is 24.3 Å². The van der Waals surface area contributed by atoms with Gasteiger partial charge in [-0.05, 0) is 73.0 Å². The summed E-state index contributed by atoms with van der Waals surface area (Å²) < 4.78 is 23.1. The lowest BCUT2D eigenvalue weighted by atomic mass is 10.0. The number of methoxy groups -OCH3 is 4. The lowest BCUT2D eigenvalue weighted by Gasteiger charge is -2.11. The van der Waals surface area contributed by atoms with Crippen LogP contribution in [-0.4, -0.2) is 43.9 Å². The number of amides is 1. The minimum Gasteiger partial charge on any atom is -0.497 e. The van der Waals surface area contributed by atoms with Crippen LogP contribution in [0.25, 0.3) is 11.3 Å². The van der Waals surface area contributed by atoms with Crippen molar-refractivity contribution in [3.63, 3.8) is 0 Å². The number of benzene rings is 3. The smallest absolute Gasteiger partial charge is 0.258 e. The van der Waals surface area contributed by atoms with Gasteiger partial charge in [0.15, 0.2) is 11.5 Å². The molecular weight excluding hydrogens is 470 g/mol. The highest BCUT2D eigenvalue weighted by Gasteiger charge is 2.19. The molecule has 0 aliphatic rings. The molecule has 1 amide bonds. The van der Waals surface area contributed by atoms with E-state index >= 15 is 0 Å². The van der Waals surface area contributed by atoms with Crippen LogP contribution >= 0.6 is 0 Å². The van der Waals surface area contributed by atoms with Crippen LogP contribution in [0.4, 0.5) is 5.95 Å². The first-order valence-corrected chi connectivity index (χ1v) is 11.8. The zero-order valence-corrected chi connectivity index (χ0v) is 21.7. The quantitative estimate of drug-likeness (QED) is 0.323. The highest BCUT2D eigenvalue weighted by molar-refractivity contribution is 6.04. The highest BCUT2D eigenvalue weighted by Crippen LogP contribution is 2.30. The van der Waals surface area contributed by atoms with Crippen LogP contribution in [0.2, 0.25) is 0 Å². The molecule has 4 rings (SSSR count). The van der Waals surface area contributed by atoms with Crippen molar-refractivity contribution in [1.29, 1.82) is 0 Å². The van der Waals surface area contributed by atoms with Crippen LogP contribution in [0.5, 0.6) is 23.0 Å². The summed E-state index contributed by atoms with van der Waals surface area (Å²) in [5, 5.41) is 2.96. The zero-order chi connectivity index (χ0) is 26.4. The Hall–Kier alpha value is -4.46.